The second kappa shape index (κ2) is 13.9. The lowest BCUT2D eigenvalue weighted by Crippen LogP contribution is -2.03. The Morgan fingerprint density at radius 1 is 0.328 bits per heavy atom. The van der Waals surface area contributed by atoms with E-state index < -0.39 is 0 Å². The van der Waals surface area contributed by atoms with Crippen LogP contribution in [0.2, 0.25) is 0 Å². The highest BCUT2D eigenvalue weighted by Crippen LogP contribution is 2.40. The summed E-state index contributed by atoms with van der Waals surface area (Å²) in [6.45, 7) is 0. The van der Waals surface area contributed by atoms with Crippen LogP contribution in [0.4, 0.5) is 0 Å². The largest absolute Gasteiger partial charge is 0.315 e. The Kier molecular flexibility index (Phi) is 7.98. The highest BCUT2D eigenvalue weighted by Gasteiger charge is 2.20. The van der Waals surface area contributed by atoms with Gasteiger partial charge in [-0.25, -0.2) is 0 Å². The van der Waals surface area contributed by atoms with Crippen LogP contribution in [0.3, 0.4) is 0 Å². The van der Waals surface area contributed by atoms with Gasteiger partial charge in [-0.05, 0) is 72.8 Å². The monoisotopic (exact) mass is 800 g/mol. The second-order valence-corrected chi connectivity index (χ2v) is 16.4. The van der Waals surface area contributed by atoms with Crippen LogP contribution in [0, 0.1) is 10.8 Å². The molecule has 0 saturated heterocycles. The molecule has 0 amide bonds. The molecule has 12 aromatic rings. The summed E-state index contributed by atoms with van der Waals surface area (Å²) in [4.78, 5) is 0. The summed E-state index contributed by atoms with van der Waals surface area (Å²) in [6, 6.07) is 67.8. The van der Waals surface area contributed by atoms with Crippen LogP contribution in [0.15, 0.2) is 207 Å². The number of benzene rings is 8. The van der Waals surface area contributed by atoms with Crippen LogP contribution >= 0.6 is 11.8 Å². The lowest BCUT2D eigenvalue weighted by molar-refractivity contribution is 1.12. The third-order valence-electron chi connectivity index (χ3n) is 12.0. The van der Waals surface area contributed by atoms with Gasteiger partial charge < -0.3 is 18.3 Å². The van der Waals surface area contributed by atoms with Gasteiger partial charge in [0, 0.05) is 78.6 Å². The molecule has 2 N–H and O–H groups in total. The third-order valence-corrected chi connectivity index (χ3v) is 12.9. The SMILES string of the molecule is N=C(SC(=N)c1ccc(-n2c3ccccc3c3ccc4ccn(-c5ccccc5)c4c32)cc1)c1ccc(-n2c3ccccc3c3ccc4ccn(-c5ccccc5)c4c32)cc1. The molecule has 0 fully saturated rings. The molecule has 0 aliphatic carbocycles. The van der Waals surface area contributed by atoms with Gasteiger partial charge in [-0.2, -0.15) is 0 Å². The Hall–Kier alpha value is -7.87. The minimum absolute atomic E-state index is 0.328. The summed E-state index contributed by atoms with van der Waals surface area (Å²) in [5.41, 5.74) is 12.6. The van der Waals surface area contributed by atoms with E-state index in [1.165, 1.54) is 44.1 Å². The predicted molar refractivity (Wildman–Crippen MR) is 256 cm³/mol. The fraction of sp³-hybridized carbons (Fsp3) is 0. The van der Waals surface area contributed by atoms with Gasteiger partial charge in [-0.15, -0.1) is 0 Å². The molecule has 0 saturated carbocycles. The van der Waals surface area contributed by atoms with E-state index in [4.69, 9.17) is 10.8 Å². The standard InChI is InChI=1S/C54H36N6S/c55-53(37-19-25-41(26-20-37)59-47-17-9-7-15-43(47)45-29-23-35-31-33-57(49(35)51(45)59)39-11-3-1-4-12-39)61-54(56)38-21-27-42(28-22-38)60-48-18-10-8-16-44(48)46-30-24-36-32-34-58(50(36)52(46)60)40-13-5-2-6-14-40/h1-34,55-56H. The van der Waals surface area contributed by atoms with E-state index in [0.717, 1.165) is 67.0 Å². The summed E-state index contributed by atoms with van der Waals surface area (Å²) >= 11 is 1.17. The minimum Gasteiger partial charge on any atom is -0.315 e. The molecule has 4 aromatic heterocycles. The zero-order valence-corrected chi connectivity index (χ0v) is 33.6. The molecule has 6 nitrogen and oxygen atoms in total. The number of thioether (sulfide) groups is 1. The van der Waals surface area contributed by atoms with E-state index in [1.54, 1.807) is 0 Å². The summed E-state index contributed by atoms with van der Waals surface area (Å²) in [5.74, 6) is 0. The maximum atomic E-state index is 9.12. The molecule has 0 bridgehead atoms. The van der Waals surface area contributed by atoms with Crippen LogP contribution in [0.5, 0.6) is 0 Å². The predicted octanol–water partition coefficient (Wildman–Crippen LogP) is 13.9. The van der Waals surface area contributed by atoms with Gasteiger partial charge in [0.05, 0.1) is 33.1 Å². The molecule has 0 aliphatic heterocycles. The van der Waals surface area contributed by atoms with Crippen molar-refractivity contribution in [2.75, 3.05) is 0 Å². The van der Waals surface area contributed by atoms with E-state index in [0.29, 0.717) is 10.1 Å². The average Bonchev–Trinajstić information content (AvgIpc) is 4.10. The van der Waals surface area contributed by atoms with E-state index >= 15 is 0 Å². The van der Waals surface area contributed by atoms with Gasteiger partial charge in [-0.1, -0.05) is 133 Å². The van der Waals surface area contributed by atoms with Crippen LogP contribution in [-0.4, -0.2) is 28.4 Å². The van der Waals surface area contributed by atoms with Crippen LogP contribution in [0.1, 0.15) is 11.1 Å². The summed E-state index contributed by atoms with van der Waals surface area (Å²) in [7, 11) is 0. The fourth-order valence-corrected chi connectivity index (χ4v) is 9.95. The lowest BCUT2D eigenvalue weighted by Gasteiger charge is -2.13. The highest BCUT2D eigenvalue weighted by molar-refractivity contribution is 8.27. The molecular formula is C54H36N6S. The van der Waals surface area contributed by atoms with Crippen molar-refractivity contribution in [1.82, 2.24) is 18.3 Å². The molecule has 8 aromatic carbocycles. The Morgan fingerprint density at radius 2 is 0.721 bits per heavy atom. The van der Waals surface area contributed by atoms with Crippen molar-refractivity contribution in [3.63, 3.8) is 0 Å². The van der Waals surface area contributed by atoms with Crippen molar-refractivity contribution in [2.45, 2.75) is 0 Å². The maximum absolute atomic E-state index is 9.12. The number of rotatable bonds is 6. The van der Waals surface area contributed by atoms with Gasteiger partial charge in [0.25, 0.3) is 0 Å². The number of hydrogen-bond acceptors (Lipinski definition) is 3. The summed E-state index contributed by atoms with van der Waals surface area (Å²) in [5, 5.41) is 26.0. The first-order valence-electron chi connectivity index (χ1n) is 20.3. The van der Waals surface area contributed by atoms with E-state index in [1.807, 2.05) is 36.4 Å². The minimum atomic E-state index is 0.328. The quantitative estimate of drug-likeness (QED) is 0.128. The molecule has 61 heavy (non-hydrogen) atoms. The zero-order valence-electron chi connectivity index (χ0n) is 32.8. The summed E-state index contributed by atoms with van der Waals surface area (Å²) < 4.78 is 9.24. The first kappa shape index (κ1) is 35.1. The molecule has 0 aliphatic rings. The molecule has 4 heterocycles. The van der Waals surface area contributed by atoms with Crippen molar-refractivity contribution < 1.29 is 0 Å². The third kappa shape index (κ3) is 5.51. The van der Waals surface area contributed by atoms with Gasteiger partial charge >= 0.3 is 0 Å². The van der Waals surface area contributed by atoms with Gasteiger partial charge in [0.15, 0.2) is 0 Å². The van der Waals surface area contributed by atoms with E-state index in [2.05, 4.69) is 188 Å². The first-order valence-corrected chi connectivity index (χ1v) is 21.2. The van der Waals surface area contributed by atoms with E-state index in [9.17, 15) is 0 Å². The normalized spacial score (nSPS) is 11.8. The molecule has 0 atom stereocenters. The van der Waals surface area contributed by atoms with Crippen LogP contribution < -0.4 is 0 Å². The molecule has 0 spiro atoms. The molecule has 288 valence electrons. The fourth-order valence-electron chi connectivity index (χ4n) is 9.23. The lowest BCUT2D eigenvalue weighted by atomic mass is 10.1. The molecule has 7 heteroatoms. The summed E-state index contributed by atoms with van der Waals surface area (Å²) in [6.07, 6.45) is 4.30. The van der Waals surface area contributed by atoms with Crippen molar-refractivity contribution in [2.24, 2.45) is 0 Å². The Labute approximate surface area is 355 Å². The van der Waals surface area contributed by atoms with Gasteiger partial charge in [0.1, 0.15) is 10.1 Å². The molecular weight excluding hydrogens is 765 g/mol. The van der Waals surface area contributed by atoms with Gasteiger partial charge in [0.2, 0.25) is 0 Å². The number of aromatic nitrogens is 4. The number of hydrogen-bond donors (Lipinski definition) is 2. The van der Waals surface area contributed by atoms with Crippen molar-refractivity contribution >= 4 is 87.3 Å². The number of nitrogens with zero attached hydrogens (tertiary/aromatic N) is 4. The number of nitrogens with one attached hydrogen (secondary N) is 2. The van der Waals surface area contributed by atoms with Crippen molar-refractivity contribution in [3.8, 4) is 22.7 Å². The van der Waals surface area contributed by atoms with E-state index in [-0.39, 0.29) is 0 Å². The Bertz CT molecular complexity index is 3440. The highest BCUT2D eigenvalue weighted by atomic mass is 32.2. The first-order chi connectivity index (χ1) is 30.1. The van der Waals surface area contributed by atoms with Crippen LogP contribution in [-0.2, 0) is 0 Å². The molecule has 0 radical (unpaired) electrons. The smallest absolute Gasteiger partial charge is 0.100 e. The second-order valence-electron chi connectivity index (χ2n) is 15.4. The Morgan fingerprint density at radius 3 is 1.15 bits per heavy atom. The maximum Gasteiger partial charge on any atom is 0.100 e. The Balaban J connectivity index is 0.872. The molecule has 0 unspecified atom stereocenters. The van der Waals surface area contributed by atoms with Gasteiger partial charge in [-0.3, -0.25) is 10.8 Å². The molecule has 12 rings (SSSR count). The average molecular weight is 801 g/mol. The topological polar surface area (TPSA) is 67.4 Å². The number of fused-ring (bicyclic) bond motifs is 10. The van der Waals surface area contributed by atoms with Crippen molar-refractivity contribution in [1.29, 1.82) is 10.8 Å². The van der Waals surface area contributed by atoms with Crippen LogP contribution in [0.25, 0.3) is 88.2 Å². The zero-order chi connectivity index (χ0) is 40.6. The van der Waals surface area contributed by atoms with Crippen molar-refractivity contribution in [3.05, 3.63) is 218 Å². The number of para-hydroxylation sites is 4.